The van der Waals surface area contributed by atoms with Gasteiger partial charge in [0.2, 0.25) is 12.7 Å². The van der Waals surface area contributed by atoms with Crippen molar-refractivity contribution in [1.82, 2.24) is 0 Å². The zero-order chi connectivity index (χ0) is 21.9. The first kappa shape index (κ1) is 19.2. The zero-order valence-corrected chi connectivity index (χ0v) is 17.7. The Kier molecular flexibility index (Phi) is 4.28. The third-order valence-corrected chi connectivity index (χ3v) is 5.94. The maximum Gasteiger partial charge on any atom is 0.340 e. The van der Waals surface area contributed by atoms with Crippen LogP contribution in [0.15, 0.2) is 37.9 Å². The van der Waals surface area contributed by atoms with Gasteiger partial charge in [-0.3, -0.25) is 4.79 Å². The second kappa shape index (κ2) is 6.91. The topological polar surface area (TPSA) is 90.9 Å². The standard InChI is InChI=1S/C24H21NO6/c1-11-14(4)30-22-13(3)23-17(8-16(11)22)12(2)18(24(27)31-23)9-21(26)25-15-5-6-19-20(7-15)29-10-28-19/h5-8H,9-10H2,1-4H3,(H,25,26). The maximum atomic E-state index is 12.7. The fraction of sp³-hybridized carbons (Fsp3) is 0.250. The summed E-state index contributed by atoms with van der Waals surface area (Å²) in [6.45, 7) is 7.79. The van der Waals surface area contributed by atoms with Gasteiger partial charge in [0, 0.05) is 28.1 Å². The summed E-state index contributed by atoms with van der Waals surface area (Å²) in [6, 6.07) is 7.13. The van der Waals surface area contributed by atoms with Crippen LogP contribution in [0.3, 0.4) is 0 Å². The van der Waals surface area contributed by atoms with Crippen LogP contribution in [-0.2, 0) is 11.2 Å². The number of fused-ring (bicyclic) bond motifs is 3. The Morgan fingerprint density at radius 3 is 2.42 bits per heavy atom. The Morgan fingerprint density at radius 2 is 1.61 bits per heavy atom. The van der Waals surface area contributed by atoms with Gasteiger partial charge in [0.05, 0.1) is 12.0 Å². The predicted molar refractivity (Wildman–Crippen MR) is 116 cm³/mol. The van der Waals surface area contributed by atoms with Gasteiger partial charge in [0.25, 0.3) is 0 Å². The minimum atomic E-state index is -0.520. The third kappa shape index (κ3) is 3.04. The summed E-state index contributed by atoms with van der Waals surface area (Å²) in [4.78, 5) is 25.4. The second-order valence-corrected chi connectivity index (χ2v) is 7.82. The molecule has 0 spiro atoms. The van der Waals surface area contributed by atoms with Gasteiger partial charge in [0.15, 0.2) is 11.5 Å². The lowest BCUT2D eigenvalue weighted by molar-refractivity contribution is -0.115. The lowest BCUT2D eigenvalue weighted by atomic mass is 9.98. The fourth-order valence-electron chi connectivity index (χ4n) is 4.04. The second-order valence-electron chi connectivity index (χ2n) is 7.82. The van der Waals surface area contributed by atoms with E-state index in [1.807, 2.05) is 33.8 Å². The number of carbonyl (C=O) groups is 1. The number of carbonyl (C=O) groups excluding carboxylic acids is 1. The SMILES string of the molecule is Cc1oc2c(C)c3oc(=O)c(CC(=O)Nc4ccc5c(c4)OCO5)c(C)c3cc2c1C. The molecule has 1 aliphatic heterocycles. The number of ether oxygens (including phenoxy) is 2. The molecule has 7 heteroatoms. The third-order valence-electron chi connectivity index (χ3n) is 5.94. The van der Waals surface area contributed by atoms with Gasteiger partial charge in [0.1, 0.15) is 16.9 Å². The summed E-state index contributed by atoms with van der Waals surface area (Å²) in [5, 5.41) is 4.59. The minimum absolute atomic E-state index is 0.0982. The molecule has 5 rings (SSSR count). The van der Waals surface area contributed by atoms with Gasteiger partial charge in [-0.25, -0.2) is 4.79 Å². The van der Waals surface area contributed by atoms with E-state index in [4.69, 9.17) is 18.3 Å². The first-order chi connectivity index (χ1) is 14.8. The molecule has 1 aliphatic rings. The Hall–Kier alpha value is -3.74. The van der Waals surface area contributed by atoms with E-state index >= 15 is 0 Å². The zero-order valence-electron chi connectivity index (χ0n) is 17.7. The summed E-state index contributed by atoms with van der Waals surface area (Å²) in [6.07, 6.45) is -0.0982. The number of aryl methyl sites for hydroxylation is 4. The molecule has 1 N–H and O–H groups in total. The van der Waals surface area contributed by atoms with E-state index in [1.54, 1.807) is 18.2 Å². The largest absolute Gasteiger partial charge is 0.461 e. The molecule has 3 heterocycles. The Labute approximate surface area is 177 Å². The molecule has 0 radical (unpaired) electrons. The quantitative estimate of drug-likeness (QED) is 0.485. The number of rotatable bonds is 3. The van der Waals surface area contributed by atoms with E-state index in [9.17, 15) is 9.59 Å². The van der Waals surface area contributed by atoms with Crippen LogP contribution in [0.4, 0.5) is 5.69 Å². The van der Waals surface area contributed by atoms with Crippen molar-refractivity contribution in [3.63, 3.8) is 0 Å². The minimum Gasteiger partial charge on any atom is -0.461 e. The molecule has 2 aromatic heterocycles. The lowest BCUT2D eigenvalue weighted by Gasteiger charge is -2.11. The fourth-order valence-corrected chi connectivity index (χ4v) is 4.04. The van der Waals surface area contributed by atoms with Gasteiger partial charge in [-0.05, 0) is 57.0 Å². The highest BCUT2D eigenvalue weighted by Crippen LogP contribution is 2.35. The molecule has 0 fully saturated rings. The van der Waals surface area contributed by atoms with Crippen molar-refractivity contribution >= 4 is 33.5 Å². The van der Waals surface area contributed by atoms with Gasteiger partial charge in [-0.15, -0.1) is 0 Å². The number of nitrogens with one attached hydrogen (secondary N) is 1. The van der Waals surface area contributed by atoms with Crippen LogP contribution in [-0.4, -0.2) is 12.7 Å². The van der Waals surface area contributed by atoms with Crippen LogP contribution < -0.4 is 20.4 Å². The highest BCUT2D eigenvalue weighted by Gasteiger charge is 2.20. The van der Waals surface area contributed by atoms with E-state index in [-0.39, 0.29) is 19.1 Å². The Balaban J connectivity index is 1.52. The monoisotopic (exact) mass is 419 g/mol. The van der Waals surface area contributed by atoms with Crippen molar-refractivity contribution < 1.29 is 23.1 Å². The van der Waals surface area contributed by atoms with Crippen LogP contribution in [0.2, 0.25) is 0 Å². The van der Waals surface area contributed by atoms with Crippen LogP contribution in [0.25, 0.3) is 21.9 Å². The molecule has 31 heavy (non-hydrogen) atoms. The van der Waals surface area contributed by atoms with Gasteiger partial charge < -0.3 is 23.6 Å². The highest BCUT2D eigenvalue weighted by molar-refractivity contribution is 6.01. The molecule has 1 amide bonds. The molecular formula is C24H21NO6. The average Bonchev–Trinajstić information content (AvgIpc) is 3.31. The van der Waals surface area contributed by atoms with E-state index in [0.29, 0.717) is 28.3 Å². The molecule has 158 valence electrons. The summed E-state index contributed by atoms with van der Waals surface area (Å²) in [5.41, 5.74) is 4.15. The van der Waals surface area contributed by atoms with Gasteiger partial charge in [-0.2, -0.15) is 0 Å². The molecule has 0 saturated carbocycles. The molecular weight excluding hydrogens is 398 g/mol. The molecule has 2 aromatic carbocycles. The van der Waals surface area contributed by atoms with Gasteiger partial charge >= 0.3 is 5.63 Å². The molecule has 0 atom stereocenters. The van der Waals surface area contributed by atoms with Crippen molar-refractivity contribution in [3.05, 3.63) is 62.7 Å². The van der Waals surface area contributed by atoms with Crippen LogP contribution in [0.5, 0.6) is 11.5 Å². The number of hydrogen-bond acceptors (Lipinski definition) is 6. The Bertz CT molecular complexity index is 1440. The molecule has 0 bridgehead atoms. The van der Waals surface area contributed by atoms with Crippen molar-refractivity contribution in [1.29, 1.82) is 0 Å². The molecule has 7 nitrogen and oxygen atoms in total. The summed E-state index contributed by atoms with van der Waals surface area (Å²) in [7, 11) is 0. The van der Waals surface area contributed by atoms with Gasteiger partial charge in [-0.1, -0.05) is 0 Å². The Morgan fingerprint density at radius 1 is 0.903 bits per heavy atom. The van der Waals surface area contributed by atoms with Crippen LogP contribution in [0, 0.1) is 27.7 Å². The maximum absolute atomic E-state index is 12.7. The first-order valence-corrected chi connectivity index (χ1v) is 9.98. The van der Waals surface area contributed by atoms with E-state index in [0.717, 1.165) is 38.8 Å². The van der Waals surface area contributed by atoms with Crippen molar-refractivity contribution in [2.24, 2.45) is 0 Å². The number of benzene rings is 2. The molecule has 0 saturated heterocycles. The highest BCUT2D eigenvalue weighted by atomic mass is 16.7. The van der Waals surface area contributed by atoms with E-state index < -0.39 is 5.63 Å². The van der Waals surface area contributed by atoms with Crippen molar-refractivity contribution in [3.8, 4) is 11.5 Å². The smallest absolute Gasteiger partial charge is 0.340 e. The van der Waals surface area contributed by atoms with Crippen LogP contribution in [0.1, 0.15) is 28.0 Å². The summed E-state index contributed by atoms with van der Waals surface area (Å²) < 4.78 is 22.1. The number of hydrogen-bond donors (Lipinski definition) is 1. The normalized spacial score (nSPS) is 12.6. The summed E-state index contributed by atoms with van der Waals surface area (Å²) in [5.74, 6) is 1.72. The molecule has 4 aromatic rings. The van der Waals surface area contributed by atoms with Crippen LogP contribution >= 0.6 is 0 Å². The first-order valence-electron chi connectivity index (χ1n) is 9.98. The van der Waals surface area contributed by atoms with E-state index in [2.05, 4.69) is 5.32 Å². The van der Waals surface area contributed by atoms with Crippen molar-refractivity contribution in [2.45, 2.75) is 34.1 Å². The number of furan rings is 1. The van der Waals surface area contributed by atoms with E-state index in [1.165, 1.54) is 0 Å². The lowest BCUT2D eigenvalue weighted by Crippen LogP contribution is -2.20. The average molecular weight is 419 g/mol. The molecule has 0 unspecified atom stereocenters. The number of anilines is 1. The van der Waals surface area contributed by atoms with Crippen molar-refractivity contribution in [2.75, 3.05) is 12.1 Å². The summed E-state index contributed by atoms with van der Waals surface area (Å²) >= 11 is 0. The number of amides is 1. The molecule has 0 aliphatic carbocycles. The predicted octanol–water partition coefficient (Wildman–Crippen LogP) is 4.68.